The van der Waals surface area contributed by atoms with Gasteiger partial charge in [0.15, 0.2) is 6.04 Å². The molecule has 0 radical (unpaired) electrons. The first-order chi connectivity index (χ1) is 16.4. The first-order valence-electron chi connectivity index (χ1n) is 11.7. The summed E-state index contributed by atoms with van der Waals surface area (Å²) in [6.45, 7) is 4.24. The summed E-state index contributed by atoms with van der Waals surface area (Å²) in [6.07, 6.45) is -0.735. The van der Waals surface area contributed by atoms with Crippen LogP contribution in [0.1, 0.15) is 37.3 Å². The van der Waals surface area contributed by atoms with Crippen LogP contribution in [0, 0.1) is 5.92 Å². The predicted molar refractivity (Wildman–Crippen MR) is 125 cm³/mol. The highest BCUT2D eigenvalue weighted by Gasteiger charge is 2.40. The average molecular weight is 467 g/mol. The third-order valence-electron chi connectivity index (χ3n) is 6.71. The minimum absolute atomic E-state index is 0.0482. The van der Waals surface area contributed by atoms with E-state index in [0.717, 1.165) is 22.3 Å². The van der Waals surface area contributed by atoms with Gasteiger partial charge in [0, 0.05) is 19.0 Å². The molecule has 34 heavy (non-hydrogen) atoms. The number of aliphatic carboxylic acids is 1. The molecule has 2 aromatic carbocycles. The highest BCUT2D eigenvalue weighted by atomic mass is 16.5. The van der Waals surface area contributed by atoms with Gasteiger partial charge in [-0.15, -0.1) is 0 Å². The topological polar surface area (TPSA) is 105 Å². The second-order valence-electron chi connectivity index (χ2n) is 8.70. The van der Waals surface area contributed by atoms with Gasteiger partial charge in [-0.1, -0.05) is 55.5 Å². The van der Waals surface area contributed by atoms with E-state index >= 15 is 0 Å². The number of ether oxygens (including phenoxy) is 2. The van der Waals surface area contributed by atoms with Gasteiger partial charge in [-0.05, 0) is 35.6 Å². The lowest BCUT2D eigenvalue weighted by atomic mass is 9.98. The third kappa shape index (κ3) is 4.63. The molecule has 0 aromatic heterocycles. The van der Waals surface area contributed by atoms with E-state index in [1.54, 1.807) is 6.92 Å². The van der Waals surface area contributed by atoms with Crippen molar-refractivity contribution in [1.82, 2.24) is 10.2 Å². The lowest BCUT2D eigenvalue weighted by Gasteiger charge is -2.38. The van der Waals surface area contributed by atoms with Crippen molar-refractivity contribution in [2.24, 2.45) is 5.92 Å². The highest BCUT2D eigenvalue weighted by Crippen LogP contribution is 2.44. The number of hydrogen-bond donors (Lipinski definition) is 2. The second kappa shape index (κ2) is 10.3. The molecular formula is C26H30N2O6. The molecule has 1 fully saturated rings. The van der Waals surface area contributed by atoms with E-state index in [9.17, 15) is 19.5 Å². The highest BCUT2D eigenvalue weighted by molar-refractivity contribution is 5.86. The molecule has 3 atom stereocenters. The fourth-order valence-corrected chi connectivity index (χ4v) is 4.90. The number of fused-ring (bicyclic) bond motifs is 3. The summed E-state index contributed by atoms with van der Waals surface area (Å²) in [5, 5.41) is 12.2. The van der Waals surface area contributed by atoms with Crippen LogP contribution in [-0.4, -0.2) is 66.4 Å². The molecule has 4 rings (SSSR count). The van der Waals surface area contributed by atoms with Crippen LogP contribution in [0.4, 0.5) is 4.79 Å². The molecule has 3 unspecified atom stereocenters. The van der Waals surface area contributed by atoms with E-state index < -0.39 is 30.1 Å². The zero-order valence-corrected chi connectivity index (χ0v) is 19.4. The number of carboxylic acid groups (broad SMARTS) is 1. The van der Waals surface area contributed by atoms with Gasteiger partial charge in [0.25, 0.3) is 0 Å². The van der Waals surface area contributed by atoms with Crippen molar-refractivity contribution in [2.45, 2.75) is 38.3 Å². The van der Waals surface area contributed by atoms with Crippen LogP contribution in [0.3, 0.4) is 0 Å². The Bertz CT molecular complexity index is 1030. The predicted octanol–water partition coefficient (Wildman–Crippen LogP) is 3.25. The molecular weight excluding hydrogens is 436 g/mol. The van der Waals surface area contributed by atoms with Crippen LogP contribution >= 0.6 is 0 Å². The van der Waals surface area contributed by atoms with E-state index in [-0.39, 0.29) is 38.1 Å². The van der Waals surface area contributed by atoms with E-state index in [2.05, 4.69) is 29.6 Å². The van der Waals surface area contributed by atoms with Crippen molar-refractivity contribution in [3.63, 3.8) is 0 Å². The Morgan fingerprint density at radius 2 is 1.74 bits per heavy atom. The van der Waals surface area contributed by atoms with Crippen LogP contribution in [0.15, 0.2) is 48.5 Å². The summed E-state index contributed by atoms with van der Waals surface area (Å²) in [5.74, 6) is -2.00. The molecule has 1 saturated heterocycles. The number of alkyl carbamates (subject to hydrolysis) is 1. The van der Waals surface area contributed by atoms with Gasteiger partial charge in [0.05, 0.1) is 18.6 Å². The first-order valence-corrected chi connectivity index (χ1v) is 11.7. The number of benzene rings is 2. The van der Waals surface area contributed by atoms with Crippen LogP contribution in [0.2, 0.25) is 0 Å². The Morgan fingerprint density at radius 3 is 2.32 bits per heavy atom. The number of carboxylic acids is 1. The molecule has 8 nitrogen and oxygen atoms in total. The van der Waals surface area contributed by atoms with E-state index in [4.69, 9.17) is 9.47 Å². The van der Waals surface area contributed by atoms with E-state index in [0.29, 0.717) is 6.42 Å². The Morgan fingerprint density at radius 1 is 1.12 bits per heavy atom. The SMILES string of the molecule is CCC(CNC(=O)OCC1c2ccccc2-c2ccccc21)C(=O)N1CCOC(C)C1C(=O)O. The first kappa shape index (κ1) is 23.8. The molecule has 0 spiro atoms. The molecule has 2 N–H and O–H groups in total. The standard InChI is InChI=1S/C26H30N2O6/c1-3-17(24(29)28-12-13-33-16(2)23(28)25(30)31)14-27-26(32)34-15-22-20-10-6-4-8-18(20)19-9-5-7-11-21(19)22/h4-11,16-17,22-23H,3,12-15H2,1-2H3,(H,27,32)(H,30,31). The van der Waals surface area contributed by atoms with Crippen LogP contribution < -0.4 is 5.32 Å². The molecule has 2 aliphatic rings. The van der Waals surface area contributed by atoms with Crippen molar-refractivity contribution in [2.75, 3.05) is 26.3 Å². The fraction of sp³-hybridized carbons (Fsp3) is 0.423. The molecule has 1 aliphatic carbocycles. The van der Waals surface area contributed by atoms with Gasteiger partial charge in [0.2, 0.25) is 5.91 Å². The average Bonchev–Trinajstić information content (AvgIpc) is 3.16. The van der Waals surface area contributed by atoms with Gasteiger partial charge in [0.1, 0.15) is 6.61 Å². The van der Waals surface area contributed by atoms with Gasteiger partial charge in [-0.2, -0.15) is 0 Å². The maximum atomic E-state index is 13.1. The monoisotopic (exact) mass is 466 g/mol. The molecule has 0 saturated carbocycles. The molecule has 1 aliphatic heterocycles. The van der Waals surface area contributed by atoms with Crippen molar-refractivity contribution < 1.29 is 29.0 Å². The lowest BCUT2D eigenvalue weighted by Crippen LogP contribution is -2.58. The maximum absolute atomic E-state index is 13.1. The van der Waals surface area contributed by atoms with E-state index in [1.165, 1.54) is 4.90 Å². The molecule has 2 amide bonds. The Hall–Kier alpha value is -3.39. The van der Waals surface area contributed by atoms with Gasteiger partial charge >= 0.3 is 12.1 Å². The van der Waals surface area contributed by atoms with E-state index in [1.807, 2.05) is 31.2 Å². The third-order valence-corrected chi connectivity index (χ3v) is 6.71. The second-order valence-corrected chi connectivity index (χ2v) is 8.70. The minimum Gasteiger partial charge on any atom is -0.480 e. The Balaban J connectivity index is 1.35. The van der Waals surface area contributed by atoms with Crippen molar-refractivity contribution in [3.05, 3.63) is 59.7 Å². The molecule has 180 valence electrons. The number of carbonyl (C=O) groups excluding carboxylic acids is 2. The smallest absolute Gasteiger partial charge is 0.407 e. The Labute approximate surface area is 198 Å². The lowest BCUT2D eigenvalue weighted by molar-refractivity contribution is -0.166. The molecule has 0 bridgehead atoms. The number of amides is 2. The molecule has 8 heteroatoms. The number of nitrogens with zero attached hydrogens (tertiary/aromatic N) is 1. The van der Waals surface area contributed by atoms with Crippen LogP contribution in [0.5, 0.6) is 0 Å². The van der Waals surface area contributed by atoms with Gasteiger partial charge < -0.3 is 24.8 Å². The summed E-state index contributed by atoms with van der Waals surface area (Å²) >= 11 is 0. The quantitative estimate of drug-likeness (QED) is 0.649. The normalized spacial score (nSPS) is 20.2. The maximum Gasteiger partial charge on any atom is 0.407 e. The zero-order valence-electron chi connectivity index (χ0n) is 19.4. The summed E-state index contributed by atoms with van der Waals surface area (Å²) in [6, 6.07) is 15.2. The fourth-order valence-electron chi connectivity index (χ4n) is 4.90. The Kier molecular flexibility index (Phi) is 7.17. The van der Waals surface area contributed by atoms with Crippen molar-refractivity contribution in [3.8, 4) is 11.1 Å². The van der Waals surface area contributed by atoms with Crippen LogP contribution in [-0.2, 0) is 19.1 Å². The van der Waals surface area contributed by atoms with Gasteiger partial charge in [-0.3, -0.25) is 4.79 Å². The summed E-state index contributed by atoms with van der Waals surface area (Å²) in [4.78, 5) is 38.6. The zero-order chi connectivity index (χ0) is 24.2. The van der Waals surface area contributed by atoms with Crippen LogP contribution in [0.25, 0.3) is 11.1 Å². The molecule has 1 heterocycles. The largest absolute Gasteiger partial charge is 0.480 e. The summed E-state index contributed by atoms with van der Waals surface area (Å²) in [7, 11) is 0. The summed E-state index contributed by atoms with van der Waals surface area (Å²) in [5.41, 5.74) is 4.55. The number of carbonyl (C=O) groups is 3. The minimum atomic E-state index is -1.10. The summed E-state index contributed by atoms with van der Waals surface area (Å²) < 4.78 is 11.0. The number of rotatable bonds is 7. The number of hydrogen-bond acceptors (Lipinski definition) is 5. The van der Waals surface area contributed by atoms with Crippen molar-refractivity contribution in [1.29, 1.82) is 0 Å². The number of morpholine rings is 1. The van der Waals surface area contributed by atoms with Gasteiger partial charge in [-0.25, -0.2) is 9.59 Å². The number of nitrogens with one attached hydrogen (secondary N) is 1. The molecule has 2 aromatic rings. The van der Waals surface area contributed by atoms with Crippen molar-refractivity contribution >= 4 is 18.0 Å².